The molecule has 0 radical (unpaired) electrons. The first-order valence-electron chi connectivity index (χ1n) is 4.58. The van der Waals surface area contributed by atoms with Crippen molar-refractivity contribution in [2.45, 2.75) is 62.4 Å². The van der Waals surface area contributed by atoms with Gasteiger partial charge in [-0.25, -0.2) is 0 Å². The molecule has 0 fully saturated rings. The summed E-state index contributed by atoms with van der Waals surface area (Å²) >= 11 is 7.11. The van der Waals surface area contributed by atoms with Crippen molar-refractivity contribution in [3.8, 4) is 0 Å². The standard InChI is InChI=1S/C10H20Br2O.FH/c1-7(11)9(3,4)13-10(5,6)8(2)12;/h7-8H,1-6H3;1H. The van der Waals surface area contributed by atoms with Crippen molar-refractivity contribution in [3.05, 3.63) is 0 Å². The fourth-order valence-electron chi connectivity index (χ4n) is 0.840. The molecule has 0 amide bonds. The van der Waals surface area contributed by atoms with Gasteiger partial charge in [0.1, 0.15) is 0 Å². The number of hydrogen-bond acceptors (Lipinski definition) is 1. The number of rotatable bonds is 4. The predicted molar refractivity (Wildman–Crippen MR) is 68.5 cm³/mol. The summed E-state index contributed by atoms with van der Waals surface area (Å²) < 4.78 is 6.05. The van der Waals surface area contributed by atoms with Crippen LogP contribution in [0.25, 0.3) is 0 Å². The molecule has 0 aromatic rings. The fraction of sp³-hybridized carbons (Fsp3) is 1.00. The molecule has 0 aliphatic carbocycles. The maximum Gasteiger partial charge on any atom is 0.0756 e. The molecule has 14 heavy (non-hydrogen) atoms. The molecule has 2 atom stereocenters. The highest BCUT2D eigenvalue weighted by atomic mass is 79.9. The summed E-state index contributed by atoms with van der Waals surface area (Å²) in [5, 5.41) is 0. The highest BCUT2D eigenvalue weighted by Gasteiger charge is 2.35. The Kier molecular flexibility index (Phi) is 7.15. The van der Waals surface area contributed by atoms with Crippen LogP contribution in [0.2, 0.25) is 0 Å². The van der Waals surface area contributed by atoms with Gasteiger partial charge >= 0.3 is 0 Å². The summed E-state index contributed by atoms with van der Waals surface area (Å²) in [4.78, 5) is 0.677. The molecule has 0 aromatic heterocycles. The minimum absolute atomic E-state index is 0. The van der Waals surface area contributed by atoms with Crippen molar-refractivity contribution in [1.82, 2.24) is 0 Å². The Balaban J connectivity index is 0. The van der Waals surface area contributed by atoms with Crippen LogP contribution in [0.3, 0.4) is 0 Å². The quantitative estimate of drug-likeness (QED) is 0.697. The van der Waals surface area contributed by atoms with E-state index in [2.05, 4.69) is 73.4 Å². The van der Waals surface area contributed by atoms with Crippen molar-refractivity contribution >= 4 is 31.9 Å². The summed E-state index contributed by atoms with van der Waals surface area (Å²) in [5.41, 5.74) is -0.295. The van der Waals surface area contributed by atoms with Crippen molar-refractivity contribution in [3.63, 3.8) is 0 Å². The average molecular weight is 336 g/mol. The second kappa shape index (κ2) is 5.80. The van der Waals surface area contributed by atoms with E-state index in [0.29, 0.717) is 9.65 Å². The first-order valence-corrected chi connectivity index (χ1v) is 6.41. The molecular formula is C10H21Br2FO. The lowest BCUT2D eigenvalue weighted by Crippen LogP contribution is -2.45. The molecular weight excluding hydrogens is 315 g/mol. The van der Waals surface area contributed by atoms with Crippen LogP contribution < -0.4 is 0 Å². The molecule has 0 aromatic carbocycles. The van der Waals surface area contributed by atoms with Crippen LogP contribution in [0.5, 0.6) is 0 Å². The van der Waals surface area contributed by atoms with Crippen LogP contribution in [0.4, 0.5) is 4.70 Å². The molecule has 4 heteroatoms. The highest BCUT2D eigenvalue weighted by Crippen LogP contribution is 2.31. The molecule has 0 rings (SSSR count). The average Bonchev–Trinajstić information content (AvgIpc) is 1.83. The third kappa shape index (κ3) is 5.08. The van der Waals surface area contributed by atoms with E-state index in [9.17, 15) is 0 Å². The third-order valence-electron chi connectivity index (χ3n) is 2.44. The minimum Gasteiger partial charge on any atom is -0.367 e. The number of hydrogen-bond donors (Lipinski definition) is 0. The van der Waals surface area contributed by atoms with E-state index in [-0.39, 0.29) is 15.9 Å². The van der Waals surface area contributed by atoms with Crippen molar-refractivity contribution in [2.24, 2.45) is 0 Å². The van der Waals surface area contributed by atoms with Gasteiger partial charge in [0, 0.05) is 9.65 Å². The van der Waals surface area contributed by atoms with Crippen molar-refractivity contribution in [1.29, 1.82) is 0 Å². The lowest BCUT2D eigenvalue weighted by molar-refractivity contribution is -0.117. The highest BCUT2D eigenvalue weighted by molar-refractivity contribution is 9.09. The summed E-state index contributed by atoms with van der Waals surface area (Å²) in [5.74, 6) is 0. The van der Waals surface area contributed by atoms with E-state index in [0.717, 1.165) is 0 Å². The minimum atomic E-state index is -0.147. The van der Waals surface area contributed by atoms with Gasteiger partial charge in [0.2, 0.25) is 0 Å². The van der Waals surface area contributed by atoms with Crippen LogP contribution in [0.1, 0.15) is 41.5 Å². The molecule has 0 heterocycles. The van der Waals surface area contributed by atoms with Gasteiger partial charge in [-0.3, -0.25) is 4.70 Å². The largest absolute Gasteiger partial charge is 0.367 e. The molecule has 88 valence electrons. The Morgan fingerprint density at radius 1 is 0.857 bits per heavy atom. The Morgan fingerprint density at radius 3 is 1.21 bits per heavy atom. The number of alkyl halides is 2. The van der Waals surface area contributed by atoms with E-state index in [1.54, 1.807) is 0 Å². The Hall–Kier alpha value is 0.850. The van der Waals surface area contributed by atoms with Gasteiger partial charge < -0.3 is 4.74 Å². The molecule has 0 spiro atoms. The molecule has 0 aliphatic heterocycles. The van der Waals surface area contributed by atoms with Gasteiger partial charge in [0.25, 0.3) is 0 Å². The van der Waals surface area contributed by atoms with Crippen LogP contribution in [0, 0.1) is 0 Å². The molecule has 0 N–H and O–H groups in total. The Bertz CT molecular complexity index is 150. The van der Waals surface area contributed by atoms with Gasteiger partial charge in [-0.15, -0.1) is 0 Å². The smallest absolute Gasteiger partial charge is 0.0756 e. The second-order valence-electron chi connectivity index (χ2n) is 4.54. The van der Waals surface area contributed by atoms with Gasteiger partial charge in [-0.2, -0.15) is 0 Å². The van der Waals surface area contributed by atoms with Crippen LogP contribution in [-0.2, 0) is 4.74 Å². The topological polar surface area (TPSA) is 9.23 Å². The van der Waals surface area contributed by atoms with E-state index in [4.69, 9.17) is 4.74 Å². The molecule has 0 saturated heterocycles. The summed E-state index contributed by atoms with van der Waals surface area (Å²) in [7, 11) is 0. The molecule has 0 saturated carbocycles. The van der Waals surface area contributed by atoms with E-state index < -0.39 is 0 Å². The summed E-state index contributed by atoms with van der Waals surface area (Å²) in [6.07, 6.45) is 0. The van der Waals surface area contributed by atoms with Gasteiger partial charge in [-0.05, 0) is 41.5 Å². The van der Waals surface area contributed by atoms with E-state index >= 15 is 0 Å². The van der Waals surface area contributed by atoms with Crippen LogP contribution in [-0.4, -0.2) is 20.9 Å². The Labute approximate surface area is 104 Å². The molecule has 0 aliphatic rings. The molecule has 2 unspecified atom stereocenters. The zero-order valence-electron chi connectivity index (χ0n) is 9.73. The summed E-state index contributed by atoms with van der Waals surface area (Å²) in [6, 6.07) is 0. The monoisotopic (exact) mass is 334 g/mol. The van der Waals surface area contributed by atoms with Crippen LogP contribution >= 0.6 is 31.9 Å². The molecule has 1 nitrogen and oxygen atoms in total. The normalized spacial score (nSPS) is 17.1. The van der Waals surface area contributed by atoms with Crippen molar-refractivity contribution in [2.75, 3.05) is 0 Å². The van der Waals surface area contributed by atoms with E-state index in [1.165, 1.54) is 0 Å². The maximum atomic E-state index is 6.05. The molecule has 0 bridgehead atoms. The SMILES string of the molecule is CC(Br)C(C)(C)OC(C)(C)C(C)Br.F. The van der Waals surface area contributed by atoms with E-state index in [1.807, 2.05) is 0 Å². The van der Waals surface area contributed by atoms with Gasteiger partial charge in [0.15, 0.2) is 0 Å². The Morgan fingerprint density at radius 2 is 1.07 bits per heavy atom. The number of ether oxygens (including phenoxy) is 1. The lowest BCUT2D eigenvalue weighted by Gasteiger charge is -2.39. The lowest BCUT2D eigenvalue weighted by atomic mass is 10.0. The number of halogens is 3. The van der Waals surface area contributed by atoms with Crippen LogP contribution in [0.15, 0.2) is 0 Å². The summed E-state index contributed by atoms with van der Waals surface area (Å²) in [6.45, 7) is 12.6. The third-order valence-corrected chi connectivity index (χ3v) is 4.65. The van der Waals surface area contributed by atoms with Crippen molar-refractivity contribution < 1.29 is 9.44 Å². The fourth-order valence-corrected chi connectivity index (χ4v) is 1.03. The van der Waals surface area contributed by atoms with Gasteiger partial charge in [-0.1, -0.05) is 31.9 Å². The van der Waals surface area contributed by atoms with Gasteiger partial charge in [0.05, 0.1) is 11.2 Å². The second-order valence-corrected chi connectivity index (χ2v) is 7.29. The predicted octanol–water partition coefficient (Wildman–Crippen LogP) is 4.28. The maximum absolute atomic E-state index is 6.05. The first kappa shape index (κ1) is 17.3. The zero-order chi connectivity index (χ0) is 10.9. The first-order chi connectivity index (χ1) is 5.59. The zero-order valence-corrected chi connectivity index (χ0v) is 12.9.